The van der Waals surface area contributed by atoms with E-state index in [1.807, 2.05) is 24.3 Å². The molecule has 1 aliphatic rings. The molecule has 0 radical (unpaired) electrons. The summed E-state index contributed by atoms with van der Waals surface area (Å²) in [6.07, 6.45) is 1.42. The Morgan fingerprint density at radius 1 is 1.11 bits per heavy atom. The van der Waals surface area contributed by atoms with Crippen molar-refractivity contribution in [1.29, 1.82) is 0 Å². The smallest absolute Gasteiger partial charge is 0.276 e. The molecule has 2 aromatic carbocycles. The molecule has 4 rings (SSSR count). The van der Waals surface area contributed by atoms with E-state index in [4.69, 9.17) is 14.2 Å². The molecule has 1 unspecified atom stereocenters. The average molecular weight is 378 g/mol. The number of fused-ring (bicyclic) bond motifs is 1. The zero-order valence-electron chi connectivity index (χ0n) is 15.9. The highest BCUT2D eigenvalue weighted by Gasteiger charge is 2.28. The molecule has 1 amide bonds. The molecular formula is C22H22N2O4. The fourth-order valence-corrected chi connectivity index (χ4v) is 3.47. The molecule has 0 aliphatic carbocycles. The molecule has 2 heterocycles. The molecule has 1 aromatic heterocycles. The number of carbonyl (C=O) groups excluding carboxylic acids is 1. The van der Waals surface area contributed by atoms with Crippen LogP contribution in [-0.4, -0.2) is 49.7 Å². The number of carbonyl (C=O) groups is 1. The molecule has 0 spiro atoms. The van der Waals surface area contributed by atoms with Crippen LogP contribution in [0.4, 0.5) is 0 Å². The van der Waals surface area contributed by atoms with Crippen LogP contribution in [0.3, 0.4) is 0 Å². The Balaban J connectivity index is 1.56. The molecule has 1 saturated heterocycles. The summed E-state index contributed by atoms with van der Waals surface area (Å²) < 4.78 is 16.5. The van der Waals surface area contributed by atoms with Crippen LogP contribution >= 0.6 is 0 Å². The largest absolute Gasteiger partial charge is 0.497 e. The van der Waals surface area contributed by atoms with E-state index in [1.165, 1.54) is 0 Å². The second kappa shape index (κ2) is 7.86. The first-order chi connectivity index (χ1) is 13.7. The van der Waals surface area contributed by atoms with Crippen LogP contribution in [0.15, 0.2) is 54.7 Å². The number of hydrogen-bond donors (Lipinski definition) is 0. The Morgan fingerprint density at radius 2 is 1.93 bits per heavy atom. The zero-order chi connectivity index (χ0) is 19.5. The maximum atomic E-state index is 13.0. The van der Waals surface area contributed by atoms with Gasteiger partial charge in [0.05, 0.1) is 27.4 Å². The minimum Gasteiger partial charge on any atom is -0.497 e. The van der Waals surface area contributed by atoms with Gasteiger partial charge in [0.1, 0.15) is 17.6 Å². The summed E-state index contributed by atoms with van der Waals surface area (Å²) >= 11 is 0. The fourth-order valence-electron chi connectivity index (χ4n) is 3.47. The number of methoxy groups -OCH3 is 2. The van der Waals surface area contributed by atoms with Gasteiger partial charge in [-0.05, 0) is 46.7 Å². The second-order valence-corrected chi connectivity index (χ2v) is 6.64. The Labute approximate surface area is 163 Å². The van der Waals surface area contributed by atoms with Gasteiger partial charge in [-0.1, -0.05) is 18.2 Å². The molecule has 0 saturated carbocycles. The van der Waals surface area contributed by atoms with Crippen LogP contribution in [0.5, 0.6) is 11.5 Å². The Morgan fingerprint density at radius 3 is 2.75 bits per heavy atom. The van der Waals surface area contributed by atoms with Gasteiger partial charge in [0.15, 0.2) is 5.69 Å². The summed E-state index contributed by atoms with van der Waals surface area (Å²) in [6, 6.07) is 15.7. The van der Waals surface area contributed by atoms with Crippen molar-refractivity contribution in [2.24, 2.45) is 0 Å². The maximum absolute atomic E-state index is 13.0. The highest BCUT2D eigenvalue weighted by atomic mass is 16.5. The van der Waals surface area contributed by atoms with E-state index in [1.54, 1.807) is 37.4 Å². The van der Waals surface area contributed by atoms with Gasteiger partial charge in [0.25, 0.3) is 5.91 Å². The maximum Gasteiger partial charge on any atom is 0.276 e. The van der Waals surface area contributed by atoms with Crippen molar-refractivity contribution in [2.45, 2.75) is 6.10 Å². The number of rotatable bonds is 4. The van der Waals surface area contributed by atoms with Gasteiger partial charge in [-0.2, -0.15) is 0 Å². The van der Waals surface area contributed by atoms with Crippen LogP contribution in [0.25, 0.3) is 10.8 Å². The molecule has 0 bridgehead atoms. The lowest BCUT2D eigenvalue weighted by Gasteiger charge is -2.33. The molecular weight excluding hydrogens is 356 g/mol. The number of amides is 1. The van der Waals surface area contributed by atoms with Crippen LogP contribution in [0.2, 0.25) is 0 Å². The quantitative estimate of drug-likeness (QED) is 0.696. The first-order valence-electron chi connectivity index (χ1n) is 9.17. The lowest BCUT2D eigenvalue weighted by molar-refractivity contribution is -0.0230. The van der Waals surface area contributed by atoms with Crippen LogP contribution in [0, 0.1) is 0 Å². The first-order valence-corrected chi connectivity index (χ1v) is 9.17. The highest BCUT2D eigenvalue weighted by Crippen LogP contribution is 2.29. The fraction of sp³-hybridized carbons (Fsp3) is 0.273. The van der Waals surface area contributed by atoms with Gasteiger partial charge < -0.3 is 19.1 Å². The third-order valence-corrected chi connectivity index (χ3v) is 4.99. The van der Waals surface area contributed by atoms with Gasteiger partial charge in [-0.3, -0.25) is 4.79 Å². The minimum atomic E-state index is -0.182. The van der Waals surface area contributed by atoms with E-state index in [0.717, 1.165) is 22.1 Å². The molecule has 6 nitrogen and oxygen atoms in total. The van der Waals surface area contributed by atoms with E-state index in [-0.39, 0.29) is 12.0 Å². The van der Waals surface area contributed by atoms with Gasteiger partial charge in [-0.15, -0.1) is 0 Å². The van der Waals surface area contributed by atoms with Crippen molar-refractivity contribution in [3.63, 3.8) is 0 Å². The molecule has 28 heavy (non-hydrogen) atoms. The first kappa shape index (κ1) is 18.3. The number of morpholine rings is 1. The Hall–Kier alpha value is -3.12. The highest BCUT2D eigenvalue weighted by molar-refractivity contribution is 5.95. The minimum absolute atomic E-state index is 0.142. The molecule has 6 heteroatoms. The molecule has 3 aromatic rings. The van der Waals surface area contributed by atoms with E-state index >= 15 is 0 Å². The summed E-state index contributed by atoms with van der Waals surface area (Å²) in [5.41, 5.74) is 1.37. The van der Waals surface area contributed by atoms with Crippen LogP contribution in [0.1, 0.15) is 22.2 Å². The van der Waals surface area contributed by atoms with Crippen molar-refractivity contribution in [3.05, 3.63) is 66.0 Å². The van der Waals surface area contributed by atoms with E-state index < -0.39 is 0 Å². The summed E-state index contributed by atoms with van der Waals surface area (Å²) in [6.45, 7) is 1.48. The van der Waals surface area contributed by atoms with Crippen LogP contribution in [-0.2, 0) is 4.74 Å². The van der Waals surface area contributed by atoms with Crippen molar-refractivity contribution in [2.75, 3.05) is 33.9 Å². The molecule has 1 aliphatic heterocycles. The van der Waals surface area contributed by atoms with Gasteiger partial charge >= 0.3 is 0 Å². The van der Waals surface area contributed by atoms with Gasteiger partial charge in [0, 0.05) is 12.7 Å². The second-order valence-electron chi connectivity index (χ2n) is 6.64. The van der Waals surface area contributed by atoms with Gasteiger partial charge in [-0.25, -0.2) is 4.98 Å². The standard InChI is InChI=1S/C22H22N2O4/c1-26-18-8-7-15-12-17(6-5-16(15)13-18)20-14-24(10-11-28-20)22(25)21-19(27-2)4-3-9-23-21/h3-9,12-13,20H,10-11,14H2,1-2H3. The number of hydrogen-bond acceptors (Lipinski definition) is 5. The van der Waals surface area contributed by atoms with Gasteiger partial charge in [0.2, 0.25) is 0 Å². The predicted octanol–water partition coefficient (Wildman–Crippen LogP) is 3.47. The predicted molar refractivity (Wildman–Crippen MR) is 106 cm³/mol. The summed E-state index contributed by atoms with van der Waals surface area (Å²) in [5, 5.41) is 2.21. The zero-order valence-corrected chi connectivity index (χ0v) is 15.9. The number of aromatic nitrogens is 1. The van der Waals surface area contributed by atoms with E-state index in [0.29, 0.717) is 31.1 Å². The number of nitrogens with zero attached hydrogens (tertiary/aromatic N) is 2. The molecule has 1 fully saturated rings. The Bertz CT molecular complexity index is 1000. The normalized spacial score (nSPS) is 16.8. The number of benzene rings is 2. The lowest BCUT2D eigenvalue weighted by Crippen LogP contribution is -2.42. The van der Waals surface area contributed by atoms with Crippen molar-refractivity contribution < 1.29 is 19.0 Å². The summed E-state index contributed by atoms with van der Waals surface area (Å²) in [4.78, 5) is 18.9. The van der Waals surface area contributed by atoms with E-state index in [9.17, 15) is 4.79 Å². The Kier molecular flexibility index (Phi) is 5.12. The summed E-state index contributed by atoms with van der Waals surface area (Å²) in [5.74, 6) is 1.17. The molecule has 144 valence electrons. The lowest BCUT2D eigenvalue weighted by atomic mass is 10.0. The average Bonchev–Trinajstić information content (AvgIpc) is 2.77. The van der Waals surface area contributed by atoms with E-state index in [2.05, 4.69) is 17.1 Å². The number of pyridine rings is 1. The van der Waals surface area contributed by atoms with Crippen molar-refractivity contribution in [1.82, 2.24) is 9.88 Å². The SMILES string of the molecule is COc1ccc2cc(C3CN(C(=O)c4ncccc4OC)CCO3)ccc2c1. The van der Waals surface area contributed by atoms with Crippen LogP contribution < -0.4 is 9.47 Å². The third-order valence-electron chi connectivity index (χ3n) is 4.99. The summed E-state index contributed by atoms with van der Waals surface area (Å²) in [7, 11) is 3.20. The van der Waals surface area contributed by atoms with Crippen molar-refractivity contribution in [3.8, 4) is 11.5 Å². The topological polar surface area (TPSA) is 60.9 Å². The third kappa shape index (κ3) is 3.51. The molecule has 0 N–H and O–H groups in total. The van der Waals surface area contributed by atoms with Crippen molar-refractivity contribution >= 4 is 16.7 Å². The monoisotopic (exact) mass is 378 g/mol. The molecule has 1 atom stereocenters. The number of ether oxygens (including phenoxy) is 3.